The quantitative estimate of drug-likeness (QED) is 0.894. The highest BCUT2D eigenvalue weighted by atomic mass is 19.1. The maximum absolute atomic E-state index is 14.1. The Balaban J connectivity index is 2.35. The summed E-state index contributed by atoms with van der Waals surface area (Å²) >= 11 is 0. The molecule has 2 rings (SSSR count). The summed E-state index contributed by atoms with van der Waals surface area (Å²) in [7, 11) is 0. The number of benzene rings is 1. The van der Waals surface area contributed by atoms with Gasteiger partial charge in [0.2, 0.25) is 0 Å². The van der Waals surface area contributed by atoms with Crippen molar-refractivity contribution in [2.24, 2.45) is 5.73 Å². The highest BCUT2D eigenvalue weighted by Crippen LogP contribution is 2.32. The van der Waals surface area contributed by atoms with E-state index in [9.17, 15) is 8.78 Å². The van der Waals surface area contributed by atoms with Gasteiger partial charge in [-0.1, -0.05) is 12.8 Å². The largest absolute Gasteiger partial charge is 0.364 e. The molecule has 0 bridgehead atoms. The van der Waals surface area contributed by atoms with Gasteiger partial charge in [-0.05, 0) is 37.5 Å². The van der Waals surface area contributed by atoms with E-state index in [2.05, 4.69) is 0 Å². The molecule has 18 heavy (non-hydrogen) atoms. The molecule has 1 aromatic carbocycles. The zero-order chi connectivity index (χ0) is 13.1. The summed E-state index contributed by atoms with van der Waals surface area (Å²) in [6, 6.07) is 2.95. The predicted octanol–water partition coefficient (Wildman–Crippen LogP) is 3.19. The predicted molar refractivity (Wildman–Crippen MR) is 69.5 cm³/mol. The SMILES string of the molecule is CCN(c1c(F)cc(CN)cc1F)C1CCCC1. The van der Waals surface area contributed by atoms with Crippen molar-refractivity contribution in [3.8, 4) is 0 Å². The van der Waals surface area contributed by atoms with Gasteiger partial charge < -0.3 is 10.6 Å². The summed E-state index contributed by atoms with van der Waals surface area (Å²) in [6.45, 7) is 2.72. The number of hydrogen-bond acceptors (Lipinski definition) is 2. The Hall–Kier alpha value is -1.16. The molecule has 1 aromatic rings. The van der Waals surface area contributed by atoms with Crippen molar-refractivity contribution in [2.75, 3.05) is 11.4 Å². The van der Waals surface area contributed by atoms with E-state index in [-0.39, 0.29) is 18.3 Å². The van der Waals surface area contributed by atoms with Gasteiger partial charge in [0.25, 0.3) is 0 Å². The fourth-order valence-corrected chi connectivity index (χ4v) is 2.83. The lowest BCUT2D eigenvalue weighted by atomic mass is 10.1. The van der Waals surface area contributed by atoms with Crippen LogP contribution in [0.15, 0.2) is 12.1 Å². The van der Waals surface area contributed by atoms with Crippen LogP contribution < -0.4 is 10.6 Å². The molecule has 0 atom stereocenters. The lowest BCUT2D eigenvalue weighted by Crippen LogP contribution is -2.34. The summed E-state index contributed by atoms with van der Waals surface area (Å²) in [6.07, 6.45) is 4.33. The number of halogens is 2. The summed E-state index contributed by atoms with van der Waals surface area (Å²) in [4.78, 5) is 1.86. The van der Waals surface area contributed by atoms with Gasteiger partial charge in [0.15, 0.2) is 0 Å². The second kappa shape index (κ2) is 5.65. The molecule has 0 aliphatic heterocycles. The molecule has 0 saturated heterocycles. The van der Waals surface area contributed by atoms with Crippen molar-refractivity contribution in [1.82, 2.24) is 0 Å². The second-order valence-electron chi connectivity index (χ2n) is 4.84. The number of anilines is 1. The summed E-state index contributed by atoms with van der Waals surface area (Å²) in [5, 5.41) is 0. The van der Waals surface area contributed by atoms with Crippen molar-refractivity contribution < 1.29 is 8.78 Å². The standard InChI is InChI=1S/C14H20F2N2/c1-2-18(11-5-3-4-6-11)14-12(15)7-10(9-17)8-13(14)16/h7-8,11H,2-6,9,17H2,1H3. The first-order chi connectivity index (χ1) is 8.67. The van der Waals surface area contributed by atoms with Crippen molar-refractivity contribution in [3.63, 3.8) is 0 Å². The number of hydrogen-bond donors (Lipinski definition) is 1. The average Bonchev–Trinajstić information content (AvgIpc) is 2.86. The van der Waals surface area contributed by atoms with E-state index < -0.39 is 11.6 Å². The molecule has 0 aromatic heterocycles. The van der Waals surface area contributed by atoms with Gasteiger partial charge in [-0.15, -0.1) is 0 Å². The Labute approximate surface area is 107 Å². The molecule has 1 saturated carbocycles. The Morgan fingerprint density at radius 3 is 2.22 bits per heavy atom. The van der Waals surface area contributed by atoms with Gasteiger partial charge in [0.05, 0.1) is 0 Å². The molecule has 1 aliphatic carbocycles. The normalized spacial score (nSPS) is 16.2. The molecule has 0 heterocycles. The maximum Gasteiger partial charge on any atom is 0.149 e. The third-order valence-corrected chi connectivity index (χ3v) is 3.71. The van der Waals surface area contributed by atoms with Crippen LogP contribution in [0.2, 0.25) is 0 Å². The molecule has 2 nitrogen and oxygen atoms in total. The average molecular weight is 254 g/mol. The molecule has 0 unspecified atom stereocenters. The lowest BCUT2D eigenvalue weighted by Gasteiger charge is -2.30. The molecule has 2 N–H and O–H groups in total. The summed E-state index contributed by atoms with van der Waals surface area (Å²) < 4.78 is 28.1. The van der Waals surface area contributed by atoms with Gasteiger partial charge in [-0.2, -0.15) is 0 Å². The third-order valence-electron chi connectivity index (χ3n) is 3.71. The maximum atomic E-state index is 14.1. The molecule has 4 heteroatoms. The van der Waals surface area contributed by atoms with E-state index in [0.29, 0.717) is 12.1 Å². The first kappa shape index (κ1) is 13.3. The topological polar surface area (TPSA) is 29.3 Å². The Kier molecular flexibility index (Phi) is 4.17. The van der Waals surface area contributed by atoms with Crippen LogP contribution in [0.3, 0.4) is 0 Å². The van der Waals surface area contributed by atoms with E-state index in [1.54, 1.807) is 0 Å². The molecule has 1 fully saturated rings. The molecule has 0 radical (unpaired) electrons. The minimum absolute atomic E-state index is 0.113. The molecule has 0 spiro atoms. The summed E-state index contributed by atoms with van der Waals surface area (Å²) in [5.41, 5.74) is 6.03. The van der Waals surface area contributed by atoms with Crippen LogP contribution in [0.1, 0.15) is 38.2 Å². The molecule has 100 valence electrons. The van der Waals surface area contributed by atoms with E-state index in [4.69, 9.17) is 5.73 Å². The fourth-order valence-electron chi connectivity index (χ4n) is 2.83. The second-order valence-corrected chi connectivity index (χ2v) is 4.84. The number of nitrogens with zero attached hydrogens (tertiary/aromatic N) is 1. The van der Waals surface area contributed by atoms with Gasteiger partial charge in [0.1, 0.15) is 17.3 Å². The first-order valence-electron chi connectivity index (χ1n) is 6.62. The first-order valence-corrected chi connectivity index (χ1v) is 6.62. The van der Waals surface area contributed by atoms with E-state index in [1.807, 2.05) is 11.8 Å². The lowest BCUT2D eigenvalue weighted by molar-refractivity contribution is 0.539. The van der Waals surface area contributed by atoms with Crippen LogP contribution >= 0.6 is 0 Å². The molecule has 1 aliphatic rings. The van der Waals surface area contributed by atoms with Gasteiger partial charge in [-0.25, -0.2) is 8.78 Å². The minimum atomic E-state index is -0.496. The van der Waals surface area contributed by atoms with Crippen LogP contribution in [-0.4, -0.2) is 12.6 Å². The fraction of sp³-hybridized carbons (Fsp3) is 0.571. The molecular formula is C14H20F2N2. The third kappa shape index (κ3) is 2.48. The number of nitrogens with two attached hydrogens (primary N) is 1. The van der Waals surface area contributed by atoms with Crippen LogP contribution in [0.25, 0.3) is 0 Å². The zero-order valence-electron chi connectivity index (χ0n) is 10.8. The smallest absolute Gasteiger partial charge is 0.149 e. The monoisotopic (exact) mass is 254 g/mol. The molecular weight excluding hydrogens is 234 g/mol. The zero-order valence-corrected chi connectivity index (χ0v) is 10.8. The van der Waals surface area contributed by atoms with Gasteiger partial charge >= 0.3 is 0 Å². The van der Waals surface area contributed by atoms with Crippen LogP contribution in [-0.2, 0) is 6.54 Å². The Morgan fingerprint density at radius 2 is 1.78 bits per heavy atom. The number of rotatable bonds is 4. The van der Waals surface area contributed by atoms with Crippen molar-refractivity contribution >= 4 is 5.69 Å². The van der Waals surface area contributed by atoms with Gasteiger partial charge in [-0.3, -0.25) is 0 Å². The summed E-state index contributed by atoms with van der Waals surface area (Å²) in [5.74, 6) is -0.992. The van der Waals surface area contributed by atoms with Crippen LogP contribution in [0, 0.1) is 11.6 Å². The van der Waals surface area contributed by atoms with Crippen molar-refractivity contribution in [1.29, 1.82) is 0 Å². The molecule has 0 amide bonds. The Bertz CT molecular complexity index is 391. The van der Waals surface area contributed by atoms with Crippen molar-refractivity contribution in [2.45, 2.75) is 45.2 Å². The minimum Gasteiger partial charge on any atom is -0.364 e. The van der Waals surface area contributed by atoms with Crippen molar-refractivity contribution in [3.05, 3.63) is 29.3 Å². The highest BCUT2D eigenvalue weighted by molar-refractivity contribution is 5.51. The van der Waals surface area contributed by atoms with E-state index in [0.717, 1.165) is 25.7 Å². The Morgan fingerprint density at radius 1 is 1.22 bits per heavy atom. The highest BCUT2D eigenvalue weighted by Gasteiger charge is 2.26. The van der Waals surface area contributed by atoms with Gasteiger partial charge in [0, 0.05) is 19.1 Å². The van der Waals surface area contributed by atoms with Crippen LogP contribution in [0.5, 0.6) is 0 Å². The van der Waals surface area contributed by atoms with E-state index >= 15 is 0 Å². The van der Waals surface area contributed by atoms with E-state index in [1.165, 1.54) is 12.1 Å². The van der Waals surface area contributed by atoms with Crippen LogP contribution in [0.4, 0.5) is 14.5 Å².